The fraction of sp³-hybridized carbons (Fsp3) is 0.385. The Bertz CT molecular complexity index is 506. The van der Waals surface area contributed by atoms with Crippen LogP contribution in [0.3, 0.4) is 0 Å². The third kappa shape index (κ3) is 5.47. The zero-order chi connectivity index (χ0) is 15.8. The van der Waals surface area contributed by atoms with Gasteiger partial charge in [-0.1, -0.05) is 18.2 Å². The van der Waals surface area contributed by atoms with Gasteiger partial charge in [-0.25, -0.2) is 9.59 Å². The summed E-state index contributed by atoms with van der Waals surface area (Å²) in [6.45, 7) is 2.92. The molecule has 0 saturated heterocycles. The van der Waals surface area contributed by atoms with E-state index >= 15 is 0 Å². The monoisotopic (exact) mass is 295 g/mol. The number of ether oxygens (including phenoxy) is 1. The molecule has 0 saturated carbocycles. The van der Waals surface area contributed by atoms with Crippen LogP contribution in [-0.2, 0) is 14.4 Å². The molecule has 0 heterocycles. The second kappa shape index (κ2) is 7.83. The van der Waals surface area contributed by atoms with Gasteiger partial charge in [0.15, 0.2) is 0 Å². The van der Waals surface area contributed by atoms with Crippen molar-refractivity contribution in [3.05, 3.63) is 35.9 Å². The molecule has 1 unspecified atom stereocenters. The van der Waals surface area contributed by atoms with E-state index in [1.165, 1.54) is 20.9 Å². The minimum absolute atomic E-state index is 0.390. The largest absolute Gasteiger partial charge is 0.480 e. The van der Waals surface area contributed by atoms with E-state index < -0.39 is 24.3 Å². The lowest BCUT2D eigenvalue weighted by atomic mass is 10.2. The molecule has 1 aromatic rings. The second-order valence-electron chi connectivity index (χ2n) is 4.20. The number of hydrogen-bond donors (Lipinski definition) is 1. The highest BCUT2D eigenvalue weighted by atomic mass is 16.8. The Morgan fingerprint density at radius 2 is 1.86 bits per heavy atom. The lowest BCUT2D eigenvalue weighted by molar-refractivity contribution is -0.143. The van der Waals surface area contributed by atoms with Gasteiger partial charge in [-0.15, -0.1) is 0 Å². The van der Waals surface area contributed by atoms with E-state index in [4.69, 9.17) is 14.7 Å². The van der Waals surface area contributed by atoms with Crippen molar-refractivity contribution in [2.45, 2.75) is 26.2 Å². The smallest absolute Gasteiger partial charge is 0.341 e. The zero-order valence-corrected chi connectivity index (χ0v) is 12.0. The van der Waals surface area contributed by atoms with E-state index in [-0.39, 0.29) is 0 Å². The molecule has 0 spiro atoms. The molecular weight excluding hydrogens is 278 g/mol. The number of likely N-dealkylation sites (N-methyl/N-ethyl adjacent to an activating group) is 1. The summed E-state index contributed by atoms with van der Waals surface area (Å²) in [5, 5.41) is 16.7. The molecule has 0 radical (unpaired) electrons. The van der Waals surface area contributed by atoms with Crippen LogP contribution in [0.2, 0.25) is 0 Å². The highest BCUT2D eigenvalue weighted by Gasteiger charge is 2.16. The van der Waals surface area contributed by atoms with Crippen molar-refractivity contribution >= 4 is 11.9 Å². The van der Waals surface area contributed by atoms with E-state index in [9.17, 15) is 9.59 Å². The molecule has 0 amide bonds. The molecule has 0 bridgehead atoms. The summed E-state index contributed by atoms with van der Waals surface area (Å²) in [6, 6.07) is 7.58. The summed E-state index contributed by atoms with van der Waals surface area (Å²) in [7, 11) is 1.44. The van der Waals surface area contributed by atoms with Gasteiger partial charge in [0, 0.05) is 19.2 Å². The topological polar surface area (TPSA) is 101 Å². The van der Waals surface area contributed by atoms with Crippen molar-refractivity contribution in [1.82, 2.24) is 5.01 Å². The Morgan fingerprint density at radius 3 is 2.43 bits per heavy atom. The lowest BCUT2D eigenvalue weighted by Gasteiger charge is -2.16. The van der Waals surface area contributed by atoms with Crippen molar-refractivity contribution in [3.8, 4) is 0 Å². The van der Waals surface area contributed by atoms with Gasteiger partial charge < -0.3 is 14.7 Å². The number of benzene rings is 1. The predicted molar refractivity (Wildman–Crippen MR) is 72.1 cm³/mol. The van der Waals surface area contributed by atoms with Crippen molar-refractivity contribution < 1.29 is 24.3 Å². The van der Waals surface area contributed by atoms with Gasteiger partial charge in [-0.2, -0.15) is 0 Å². The predicted octanol–water partition coefficient (Wildman–Crippen LogP) is 1.89. The van der Waals surface area contributed by atoms with Crippen LogP contribution in [0.25, 0.3) is 0 Å². The molecule has 8 heteroatoms. The van der Waals surface area contributed by atoms with Crippen LogP contribution in [0.4, 0.5) is 0 Å². The van der Waals surface area contributed by atoms with E-state index in [0.717, 1.165) is 5.01 Å². The molecule has 0 aliphatic carbocycles. The van der Waals surface area contributed by atoms with E-state index in [0.29, 0.717) is 5.56 Å². The molecule has 0 aliphatic rings. The number of hydrogen-bond acceptors (Lipinski definition) is 6. The molecule has 1 N–H and O–H groups in total. The molecule has 21 heavy (non-hydrogen) atoms. The summed E-state index contributed by atoms with van der Waals surface area (Å²) in [5.74, 6) is -1.59. The van der Waals surface area contributed by atoms with Gasteiger partial charge in [0.2, 0.25) is 0 Å². The maximum Gasteiger partial charge on any atom is 0.341 e. The van der Waals surface area contributed by atoms with E-state index in [2.05, 4.69) is 10.5 Å². The molecule has 114 valence electrons. The number of carbonyl (C=O) groups excluding carboxylic acids is 1. The minimum atomic E-state index is -1.04. The van der Waals surface area contributed by atoms with Crippen LogP contribution in [-0.4, -0.2) is 41.4 Å². The van der Waals surface area contributed by atoms with Gasteiger partial charge in [0.05, 0.1) is 5.56 Å². The Hall–Kier alpha value is -2.64. The summed E-state index contributed by atoms with van der Waals surface area (Å²) in [6.07, 6.45) is -0.949. The van der Waals surface area contributed by atoms with E-state index in [1.807, 2.05) is 0 Å². The number of carboxylic acids is 1. The number of carboxylic acid groups (broad SMARTS) is 1. The number of nitrogens with zero attached hydrogens (tertiary/aromatic N) is 3. The van der Waals surface area contributed by atoms with Crippen LogP contribution in [0.5, 0.6) is 0 Å². The Morgan fingerprint density at radius 1 is 1.24 bits per heavy atom. The highest BCUT2D eigenvalue weighted by molar-refractivity contribution is 5.89. The Balaban J connectivity index is 2.42. The first-order chi connectivity index (χ1) is 9.91. The van der Waals surface area contributed by atoms with Crippen LogP contribution >= 0.6 is 0 Å². The van der Waals surface area contributed by atoms with Gasteiger partial charge >= 0.3 is 11.9 Å². The third-order valence-electron chi connectivity index (χ3n) is 2.57. The second-order valence-corrected chi connectivity index (χ2v) is 4.20. The number of rotatable bonds is 7. The molecule has 2 atom stereocenters. The lowest BCUT2D eigenvalue weighted by Crippen LogP contribution is -2.31. The molecular formula is C13H17N3O5. The number of esters is 1. The van der Waals surface area contributed by atoms with Crippen LogP contribution in [0.1, 0.15) is 24.2 Å². The summed E-state index contributed by atoms with van der Waals surface area (Å²) in [5.41, 5.74) is 0.390. The minimum Gasteiger partial charge on any atom is -0.480 e. The highest BCUT2D eigenvalue weighted by Crippen LogP contribution is 2.05. The van der Waals surface area contributed by atoms with Gasteiger partial charge in [0.1, 0.15) is 6.04 Å². The van der Waals surface area contributed by atoms with Crippen LogP contribution < -0.4 is 0 Å². The normalized spacial score (nSPS) is 13.5. The zero-order valence-electron chi connectivity index (χ0n) is 12.0. The molecule has 8 nitrogen and oxygen atoms in total. The number of carbonyl (C=O) groups is 2. The van der Waals surface area contributed by atoms with Gasteiger partial charge in [0.25, 0.3) is 6.29 Å². The average molecular weight is 295 g/mol. The Labute approximate surface area is 121 Å². The van der Waals surface area contributed by atoms with Crippen molar-refractivity contribution in [1.29, 1.82) is 0 Å². The molecule has 1 aromatic carbocycles. The maximum absolute atomic E-state index is 11.7. The molecule has 0 aromatic heterocycles. The number of aliphatic carboxylic acids is 1. The first kappa shape index (κ1) is 16.4. The van der Waals surface area contributed by atoms with Gasteiger partial charge in [-0.05, 0) is 24.3 Å². The maximum atomic E-state index is 11.7. The standard InChI is InChI=1S/C13H17N3O5/c1-9(12(17)18)16(3)14-15-21-10(2)20-13(19)11-7-5-4-6-8-11/h4-10H,1-3H3,(H,17,18)/b15-14-/t9-,10?/m0/s1. The van der Waals surface area contributed by atoms with Gasteiger partial charge in [-0.3, -0.25) is 5.01 Å². The Kier molecular flexibility index (Phi) is 6.12. The van der Waals surface area contributed by atoms with E-state index in [1.54, 1.807) is 30.3 Å². The van der Waals surface area contributed by atoms with Crippen molar-refractivity contribution in [2.75, 3.05) is 7.05 Å². The molecule has 0 fully saturated rings. The SMILES string of the molecule is CC(O/N=N\N(C)[C@@H](C)C(=O)O)OC(=O)c1ccccc1. The fourth-order valence-electron chi connectivity index (χ4n) is 1.20. The molecule has 1 rings (SSSR count). The summed E-state index contributed by atoms with van der Waals surface area (Å²) < 4.78 is 4.98. The fourth-order valence-corrected chi connectivity index (χ4v) is 1.20. The average Bonchev–Trinajstić information content (AvgIpc) is 2.46. The van der Waals surface area contributed by atoms with Crippen molar-refractivity contribution in [2.24, 2.45) is 10.5 Å². The first-order valence-electron chi connectivity index (χ1n) is 6.20. The summed E-state index contributed by atoms with van der Waals surface area (Å²) >= 11 is 0. The first-order valence-corrected chi connectivity index (χ1v) is 6.20. The molecule has 0 aliphatic heterocycles. The van der Waals surface area contributed by atoms with Crippen LogP contribution in [0, 0.1) is 0 Å². The van der Waals surface area contributed by atoms with Crippen molar-refractivity contribution in [3.63, 3.8) is 0 Å². The quantitative estimate of drug-likeness (QED) is 0.357. The summed E-state index contributed by atoms with van der Waals surface area (Å²) in [4.78, 5) is 27.2. The van der Waals surface area contributed by atoms with Crippen LogP contribution in [0.15, 0.2) is 40.8 Å². The third-order valence-corrected chi connectivity index (χ3v) is 2.57.